The van der Waals surface area contributed by atoms with Crippen LogP contribution in [0.1, 0.15) is 0 Å². The normalized spacial score (nSPS) is 10.1. The van der Waals surface area contributed by atoms with Crippen LogP contribution in [0.3, 0.4) is 0 Å². The largest absolute Gasteiger partial charge is 0.545 e. The Morgan fingerprint density at radius 2 is 2.06 bits per heavy atom. The van der Waals surface area contributed by atoms with E-state index in [4.69, 9.17) is 0 Å². The van der Waals surface area contributed by atoms with Crippen LogP contribution < -0.4 is 10.4 Å². The molecule has 1 rings (SSSR count). The van der Waals surface area contributed by atoms with Gasteiger partial charge in [0.1, 0.15) is 12.0 Å². The molecule has 0 fully saturated rings. The molecular weight excluding hydrogens is 230 g/mol. The molecule has 1 amide bonds. The first-order valence-corrected chi connectivity index (χ1v) is 4.29. The number of anilines is 1. The molecular formula is C9H6N3O5-. The van der Waals surface area contributed by atoms with E-state index in [2.05, 4.69) is 10.3 Å². The smallest absolute Gasteiger partial charge is 0.287 e. The Hall–Kier alpha value is -2.77. The number of nitrogens with one attached hydrogen (secondary N) is 1. The van der Waals surface area contributed by atoms with E-state index in [1.807, 2.05) is 0 Å². The lowest BCUT2D eigenvalue weighted by atomic mass is 10.4. The number of nitro groups is 1. The number of hydrogen-bond acceptors (Lipinski definition) is 6. The molecule has 88 valence electrons. The molecule has 8 heteroatoms. The Balaban J connectivity index is 2.66. The number of hydrogen-bond donors (Lipinski definition) is 1. The van der Waals surface area contributed by atoms with Crippen molar-refractivity contribution < 1.29 is 19.6 Å². The van der Waals surface area contributed by atoms with Crippen LogP contribution in [-0.2, 0) is 9.59 Å². The van der Waals surface area contributed by atoms with Crippen molar-refractivity contribution in [1.29, 1.82) is 0 Å². The highest BCUT2D eigenvalue weighted by Gasteiger charge is 2.05. The Bertz CT molecular complexity index is 480. The van der Waals surface area contributed by atoms with Crippen LogP contribution in [-0.4, -0.2) is 21.8 Å². The second-order valence-corrected chi connectivity index (χ2v) is 2.80. The molecule has 0 atom stereocenters. The Morgan fingerprint density at radius 1 is 1.35 bits per heavy atom. The molecule has 0 spiro atoms. The third kappa shape index (κ3) is 4.08. The summed E-state index contributed by atoms with van der Waals surface area (Å²) in [5.41, 5.74) is -0.215. The molecule has 17 heavy (non-hydrogen) atoms. The summed E-state index contributed by atoms with van der Waals surface area (Å²) in [6, 6.07) is 2.38. The van der Waals surface area contributed by atoms with E-state index in [1.165, 1.54) is 6.07 Å². The quantitative estimate of drug-likeness (QED) is 0.415. The fourth-order valence-corrected chi connectivity index (χ4v) is 0.880. The van der Waals surface area contributed by atoms with Gasteiger partial charge in [-0.3, -0.25) is 14.9 Å². The van der Waals surface area contributed by atoms with Crippen LogP contribution in [0.2, 0.25) is 0 Å². The molecule has 0 aliphatic carbocycles. The first-order chi connectivity index (χ1) is 7.99. The van der Waals surface area contributed by atoms with Gasteiger partial charge in [-0.25, -0.2) is 4.98 Å². The summed E-state index contributed by atoms with van der Waals surface area (Å²) in [6.07, 6.45) is 2.28. The standard InChI is InChI=1S/C9H7N3O5/c13-8(3-4-9(14)15)11-7-2-1-6(5-10-7)12(16)17/h1-5H,(H,14,15)(H,10,11,13)/p-1/b4-3+. The monoisotopic (exact) mass is 236 g/mol. The number of aromatic nitrogens is 1. The topological polar surface area (TPSA) is 125 Å². The van der Waals surface area contributed by atoms with Gasteiger partial charge in [-0.05, 0) is 12.1 Å². The number of aliphatic carboxylic acids is 1. The zero-order chi connectivity index (χ0) is 12.8. The summed E-state index contributed by atoms with van der Waals surface area (Å²) in [7, 11) is 0. The van der Waals surface area contributed by atoms with E-state index in [1.54, 1.807) is 0 Å². The van der Waals surface area contributed by atoms with Crippen LogP contribution in [0.4, 0.5) is 11.5 Å². The van der Waals surface area contributed by atoms with E-state index < -0.39 is 16.8 Å². The van der Waals surface area contributed by atoms with Gasteiger partial charge in [0, 0.05) is 12.1 Å². The molecule has 0 unspecified atom stereocenters. The number of carboxylic acid groups (broad SMARTS) is 1. The maximum absolute atomic E-state index is 11.1. The van der Waals surface area contributed by atoms with Crippen LogP contribution in [0.5, 0.6) is 0 Å². The van der Waals surface area contributed by atoms with E-state index in [9.17, 15) is 24.8 Å². The van der Waals surface area contributed by atoms with Crippen molar-refractivity contribution in [2.45, 2.75) is 0 Å². The fourth-order valence-electron chi connectivity index (χ4n) is 0.880. The Morgan fingerprint density at radius 3 is 2.53 bits per heavy atom. The van der Waals surface area contributed by atoms with Gasteiger partial charge in [-0.1, -0.05) is 0 Å². The minimum atomic E-state index is -1.50. The van der Waals surface area contributed by atoms with Crippen LogP contribution in [0.15, 0.2) is 30.5 Å². The Kier molecular flexibility index (Phi) is 3.87. The first-order valence-electron chi connectivity index (χ1n) is 4.29. The molecule has 0 aliphatic heterocycles. The van der Waals surface area contributed by atoms with Gasteiger partial charge in [0.15, 0.2) is 0 Å². The number of nitrogens with zero attached hydrogens (tertiary/aromatic N) is 2. The lowest BCUT2D eigenvalue weighted by Crippen LogP contribution is -2.20. The van der Waals surface area contributed by atoms with Crippen molar-refractivity contribution in [2.24, 2.45) is 0 Å². The molecule has 0 saturated carbocycles. The lowest BCUT2D eigenvalue weighted by Gasteiger charge is -2.00. The van der Waals surface area contributed by atoms with Gasteiger partial charge in [-0.2, -0.15) is 0 Å². The highest BCUT2D eigenvalue weighted by molar-refractivity contribution is 6.01. The van der Waals surface area contributed by atoms with E-state index in [0.29, 0.717) is 6.08 Å². The van der Waals surface area contributed by atoms with Crippen LogP contribution in [0, 0.1) is 10.1 Å². The summed E-state index contributed by atoms with van der Waals surface area (Å²) in [5.74, 6) is -2.16. The molecule has 0 aliphatic rings. The number of pyridine rings is 1. The average Bonchev–Trinajstić information content (AvgIpc) is 2.27. The lowest BCUT2D eigenvalue weighted by molar-refractivity contribution is -0.385. The molecule has 0 radical (unpaired) electrons. The summed E-state index contributed by atoms with van der Waals surface area (Å²) in [5, 5.41) is 22.5. The van der Waals surface area contributed by atoms with Gasteiger partial charge in [-0.15, -0.1) is 0 Å². The third-order valence-corrected chi connectivity index (χ3v) is 1.58. The minimum absolute atomic E-state index is 0.0728. The molecule has 1 aromatic heterocycles. The summed E-state index contributed by atoms with van der Waals surface area (Å²) >= 11 is 0. The fraction of sp³-hybridized carbons (Fsp3) is 0. The van der Waals surface area contributed by atoms with Gasteiger partial charge in [0.05, 0.1) is 10.9 Å². The van der Waals surface area contributed by atoms with E-state index >= 15 is 0 Å². The number of carboxylic acids is 1. The Labute approximate surface area is 94.7 Å². The number of amides is 1. The predicted octanol–water partition coefficient (Wildman–Crippen LogP) is -0.766. The number of rotatable bonds is 4. The number of carbonyl (C=O) groups excluding carboxylic acids is 2. The molecule has 1 heterocycles. The van der Waals surface area contributed by atoms with Gasteiger partial charge >= 0.3 is 0 Å². The SMILES string of the molecule is O=C([O-])/C=C/C(=O)Nc1ccc([N+](=O)[O-])cn1. The molecule has 0 bridgehead atoms. The molecule has 8 nitrogen and oxygen atoms in total. The predicted molar refractivity (Wildman–Crippen MR) is 53.7 cm³/mol. The third-order valence-electron chi connectivity index (χ3n) is 1.58. The zero-order valence-corrected chi connectivity index (χ0v) is 8.32. The van der Waals surface area contributed by atoms with Crippen LogP contribution in [0.25, 0.3) is 0 Å². The molecule has 1 N–H and O–H groups in total. The highest BCUT2D eigenvalue weighted by atomic mass is 16.6. The minimum Gasteiger partial charge on any atom is -0.545 e. The van der Waals surface area contributed by atoms with Crippen molar-refractivity contribution in [2.75, 3.05) is 5.32 Å². The maximum Gasteiger partial charge on any atom is 0.287 e. The van der Waals surface area contributed by atoms with Crippen molar-refractivity contribution in [3.8, 4) is 0 Å². The summed E-state index contributed by atoms with van der Waals surface area (Å²) in [4.78, 5) is 34.4. The van der Waals surface area contributed by atoms with Crippen molar-refractivity contribution in [3.63, 3.8) is 0 Å². The van der Waals surface area contributed by atoms with Gasteiger partial charge in [0.25, 0.3) is 5.69 Å². The van der Waals surface area contributed by atoms with E-state index in [0.717, 1.165) is 18.3 Å². The second-order valence-electron chi connectivity index (χ2n) is 2.80. The van der Waals surface area contributed by atoms with Crippen molar-refractivity contribution in [3.05, 3.63) is 40.6 Å². The zero-order valence-electron chi connectivity index (χ0n) is 8.32. The highest BCUT2D eigenvalue weighted by Crippen LogP contribution is 2.11. The van der Waals surface area contributed by atoms with Crippen molar-refractivity contribution >= 4 is 23.4 Å². The summed E-state index contributed by atoms with van der Waals surface area (Å²) < 4.78 is 0. The van der Waals surface area contributed by atoms with E-state index in [-0.39, 0.29) is 11.5 Å². The second kappa shape index (κ2) is 5.35. The van der Waals surface area contributed by atoms with Gasteiger partial charge < -0.3 is 15.2 Å². The maximum atomic E-state index is 11.1. The average molecular weight is 236 g/mol. The van der Waals surface area contributed by atoms with Crippen molar-refractivity contribution in [1.82, 2.24) is 4.98 Å². The van der Waals surface area contributed by atoms with Crippen LogP contribution >= 0.6 is 0 Å². The molecule has 1 aromatic rings. The molecule has 0 aromatic carbocycles. The molecule has 0 saturated heterocycles. The first kappa shape index (κ1) is 12.3. The van der Waals surface area contributed by atoms with Gasteiger partial charge in [0.2, 0.25) is 5.91 Å². The summed E-state index contributed by atoms with van der Waals surface area (Å²) in [6.45, 7) is 0. The number of carbonyl (C=O) groups is 2.